The SMILES string of the molecule is COc1ccc(Cl)cc1C(=O)NCC#Cc1ccccc1. The van der Waals surface area contributed by atoms with E-state index < -0.39 is 0 Å². The van der Waals surface area contributed by atoms with Crippen LogP contribution in [-0.2, 0) is 0 Å². The lowest BCUT2D eigenvalue weighted by Gasteiger charge is -2.08. The molecule has 0 saturated carbocycles. The number of ether oxygens (including phenoxy) is 1. The molecule has 1 amide bonds. The van der Waals surface area contributed by atoms with Gasteiger partial charge in [-0.15, -0.1) is 0 Å². The number of benzene rings is 2. The summed E-state index contributed by atoms with van der Waals surface area (Å²) < 4.78 is 5.14. The predicted molar refractivity (Wildman–Crippen MR) is 83.7 cm³/mol. The first-order valence-electron chi connectivity index (χ1n) is 6.36. The average Bonchev–Trinajstić information content (AvgIpc) is 2.52. The molecule has 0 atom stereocenters. The maximum absolute atomic E-state index is 12.1. The van der Waals surface area contributed by atoms with Gasteiger partial charge in [0, 0.05) is 10.6 Å². The van der Waals surface area contributed by atoms with Crippen LogP contribution in [0.2, 0.25) is 5.02 Å². The lowest BCUT2D eigenvalue weighted by molar-refractivity contribution is 0.0955. The van der Waals surface area contributed by atoms with E-state index in [1.54, 1.807) is 18.2 Å². The highest BCUT2D eigenvalue weighted by molar-refractivity contribution is 6.31. The largest absolute Gasteiger partial charge is 0.496 e. The van der Waals surface area contributed by atoms with Crippen LogP contribution in [-0.4, -0.2) is 19.6 Å². The third-order valence-corrected chi connectivity index (χ3v) is 2.99. The van der Waals surface area contributed by atoms with E-state index in [0.717, 1.165) is 5.56 Å². The van der Waals surface area contributed by atoms with Crippen LogP contribution >= 0.6 is 11.6 Å². The van der Waals surface area contributed by atoms with Gasteiger partial charge in [0.25, 0.3) is 5.91 Å². The van der Waals surface area contributed by atoms with Crippen LogP contribution in [0.15, 0.2) is 48.5 Å². The molecule has 0 aliphatic rings. The van der Waals surface area contributed by atoms with Crippen molar-refractivity contribution in [2.45, 2.75) is 0 Å². The molecule has 1 N–H and O–H groups in total. The van der Waals surface area contributed by atoms with Gasteiger partial charge in [0.1, 0.15) is 5.75 Å². The van der Waals surface area contributed by atoms with Gasteiger partial charge in [-0.1, -0.05) is 41.6 Å². The maximum atomic E-state index is 12.1. The van der Waals surface area contributed by atoms with Crippen molar-refractivity contribution in [1.82, 2.24) is 5.32 Å². The topological polar surface area (TPSA) is 38.3 Å². The molecule has 4 heteroatoms. The van der Waals surface area contributed by atoms with E-state index in [0.29, 0.717) is 16.3 Å². The second-order valence-electron chi connectivity index (χ2n) is 4.20. The number of halogens is 1. The van der Waals surface area contributed by atoms with Crippen molar-refractivity contribution in [3.63, 3.8) is 0 Å². The van der Waals surface area contributed by atoms with Crippen molar-refractivity contribution >= 4 is 17.5 Å². The fraction of sp³-hybridized carbons (Fsp3) is 0.118. The molecular formula is C17H14ClNO2. The fourth-order valence-corrected chi connectivity index (χ4v) is 1.92. The van der Waals surface area contributed by atoms with Crippen molar-refractivity contribution in [1.29, 1.82) is 0 Å². The minimum Gasteiger partial charge on any atom is -0.496 e. The highest BCUT2D eigenvalue weighted by atomic mass is 35.5. The molecular weight excluding hydrogens is 286 g/mol. The zero-order valence-electron chi connectivity index (χ0n) is 11.5. The predicted octanol–water partition coefficient (Wildman–Crippen LogP) is 3.13. The summed E-state index contributed by atoms with van der Waals surface area (Å²) in [5.74, 6) is 6.08. The Morgan fingerprint density at radius 2 is 2.00 bits per heavy atom. The number of nitrogens with one attached hydrogen (secondary N) is 1. The van der Waals surface area contributed by atoms with E-state index in [-0.39, 0.29) is 12.5 Å². The smallest absolute Gasteiger partial charge is 0.255 e. The molecule has 0 fully saturated rings. The van der Waals surface area contributed by atoms with Crippen LogP contribution in [0.4, 0.5) is 0 Å². The van der Waals surface area contributed by atoms with Gasteiger partial charge < -0.3 is 10.1 Å². The number of hydrogen-bond acceptors (Lipinski definition) is 2. The number of carbonyl (C=O) groups is 1. The molecule has 2 aromatic rings. The first-order valence-corrected chi connectivity index (χ1v) is 6.74. The number of methoxy groups -OCH3 is 1. The van der Waals surface area contributed by atoms with E-state index >= 15 is 0 Å². The van der Waals surface area contributed by atoms with Gasteiger partial charge in [0.05, 0.1) is 19.2 Å². The van der Waals surface area contributed by atoms with E-state index in [9.17, 15) is 4.79 Å². The Hall–Kier alpha value is -2.44. The van der Waals surface area contributed by atoms with Crippen molar-refractivity contribution in [3.8, 4) is 17.6 Å². The third-order valence-electron chi connectivity index (χ3n) is 2.75. The average molecular weight is 300 g/mol. The van der Waals surface area contributed by atoms with Crippen molar-refractivity contribution in [2.75, 3.05) is 13.7 Å². The lowest BCUT2D eigenvalue weighted by atomic mass is 10.2. The quantitative estimate of drug-likeness (QED) is 0.884. The van der Waals surface area contributed by atoms with Crippen LogP contribution in [0.1, 0.15) is 15.9 Å². The van der Waals surface area contributed by atoms with Crippen LogP contribution in [0.3, 0.4) is 0 Å². The molecule has 0 aliphatic carbocycles. The third kappa shape index (κ3) is 4.27. The molecule has 106 valence electrons. The molecule has 21 heavy (non-hydrogen) atoms. The van der Waals surface area contributed by atoms with Gasteiger partial charge in [0.2, 0.25) is 0 Å². The van der Waals surface area contributed by atoms with Crippen molar-refractivity contribution in [3.05, 3.63) is 64.7 Å². The molecule has 3 nitrogen and oxygen atoms in total. The summed E-state index contributed by atoms with van der Waals surface area (Å²) in [6.07, 6.45) is 0. The van der Waals surface area contributed by atoms with Gasteiger partial charge in [0.15, 0.2) is 0 Å². The van der Waals surface area contributed by atoms with E-state index in [1.165, 1.54) is 7.11 Å². The molecule has 0 aromatic heterocycles. The zero-order valence-corrected chi connectivity index (χ0v) is 12.3. The highest BCUT2D eigenvalue weighted by Gasteiger charge is 2.11. The molecule has 0 spiro atoms. The Labute approximate surface area is 128 Å². The van der Waals surface area contributed by atoms with Crippen molar-refractivity contribution < 1.29 is 9.53 Å². The molecule has 0 heterocycles. The molecule has 2 aromatic carbocycles. The molecule has 0 aliphatic heterocycles. The van der Waals surface area contributed by atoms with Gasteiger partial charge >= 0.3 is 0 Å². The molecule has 0 unspecified atom stereocenters. The standard InChI is InChI=1S/C17H14ClNO2/c1-21-16-10-9-14(18)12-15(16)17(20)19-11-5-8-13-6-3-2-4-7-13/h2-4,6-7,9-10,12H,11H2,1H3,(H,19,20). The summed E-state index contributed by atoms with van der Waals surface area (Å²) in [5.41, 5.74) is 1.30. The minimum absolute atomic E-state index is 0.253. The molecule has 0 saturated heterocycles. The zero-order chi connectivity index (χ0) is 15.1. The van der Waals surface area contributed by atoms with Crippen LogP contribution in [0.25, 0.3) is 0 Å². The number of carbonyl (C=O) groups excluding carboxylic acids is 1. The normalized spacial score (nSPS) is 9.43. The first-order chi connectivity index (χ1) is 10.2. The lowest BCUT2D eigenvalue weighted by Crippen LogP contribution is -2.24. The van der Waals surface area contributed by atoms with E-state index in [1.807, 2.05) is 30.3 Å². The minimum atomic E-state index is -0.267. The second kappa shape index (κ2) is 7.37. The van der Waals surface area contributed by atoms with Crippen molar-refractivity contribution in [2.24, 2.45) is 0 Å². The molecule has 2 rings (SSSR count). The Morgan fingerprint density at radius 3 is 2.71 bits per heavy atom. The Kier molecular flexibility index (Phi) is 5.25. The summed E-state index contributed by atoms with van der Waals surface area (Å²) in [6, 6.07) is 14.5. The second-order valence-corrected chi connectivity index (χ2v) is 4.63. The van der Waals surface area contributed by atoms with Crippen LogP contribution in [0.5, 0.6) is 5.75 Å². The Bertz CT molecular complexity index is 687. The highest BCUT2D eigenvalue weighted by Crippen LogP contribution is 2.22. The monoisotopic (exact) mass is 299 g/mol. The number of amides is 1. The molecule has 0 bridgehead atoms. The summed E-state index contributed by atoms with van der Waals surface area (Å²) in [6.45, 7) is 0.253. The molecule has 0 radical (unpaired) electrons. The van der Waals surface area contributed by atoms with Crippen LogP contribution in [0, 0.1) is 11.8 Å². The first kappa shape index (κ1) is 15.0. The maximum Gasteiger partial charge on any atom is 0.255 e. The van der Waals surface area contributed by atoms with E-state index in [4.69, 9.17) is 16.3 Å². The number of rotatable bonds is 3. The van der Waals surface area contributed by atoms with Gasteiger partial charge in [-0.25, -0.2) is 0 Å². The fourth-order valence-electron chi connectivity index (χ4n) is 1.75. The van der Waals surface area contributed by atoms with Gasteiger partial charge in [-0.3, -0.25) is 4.79 Å². The Morgan fingerprint density at radius 1 is 1.24 bits per heavy atom. The summed E-state index contributed by atoms with van der Waals surface area (Å²) in [7, 11) is 1.51. The van der Waals surface area contributed by atoms with Gasteiger partial charge in [-0.2, -0.15) is 0 Å². The summed E-state index contributed by atoms with van der Waals surface area (Å²) >= 11 is 5.90. The van der Waals surface area contributed by atoms with Gasteiger partial charge in [-0.05, 0) is 30.3 Å². The van der Waals surface area contributed by atoms with E-state index in [2.05, 4.69) is 17.2 Å². The summed E-state index contributed by atoms with van der Waals surface area (Å²) in [4.78, 5) is 12.1. The van der Waals surface area contributed by atoms with Crippen LogP contribution < -0.4 is 10.1 Å². The number of hydrogen-bond donors (Lipinski definition) is 1. The summed E-state index contributed by atoms with van der Waals surface area (Å²) in [5, 5.41) is 3.20. The Balaban J connectivity index is 2.00.